The summed E-state index contributed by atoms with van der Waals surface area (Å²) in [6.07, 6.45) is 0. The van der Waals surface area contributed by atoms with E-state index in [-0.39, 0.29) is 10.6 Å². The molecule has 1 heterocycles. The van der Waals surface area contributed by atoms with Crippen molar-refractivity contribution >= 4 is 22.2 Å². The molecule has 0 atom stereocenters. The van der Waals surface area contributed by atoms with Crippen molar-refractivity contribution in [1.29, 1.82) is 0 Å². The molecule has 88 valence electrons. The van der Waals surface area contributed by atoms with E-state index in [1.807, 2.05) is 12.3 Å². The van der Waals surface area contributed by atoms with Gasteiger partial charge < -0.3 is 5.32 Å². The lowest BCUT2D eigenvalue weighted by Gasteiger charge is -2.03. The third-order valence-corrected chi connectivity index (χ3v) is 3.16. The fourth-order valence-corrected chi connectivity index (χ4v) is 2.13. The Bertz CT molecular complexity index is 539. The average Bonchev–Trinajstić information content (AvgIpc) is 2.73. The number of rotatable bonds is 4. The Balaban J connectivity index is 2.11. The number of nitro groups is 1. The normalized spacial score (nSPS) is 10.2. The predicted octanol–water partition coefficient (Wildman–Crippen LogP) is 2.97. The molecule has 1 N–H and O–H groups in total. The van der Waals surface area contributed by atoms with Crippen molar-refractivity contribution in [2.45, 2.75) is 13.5 Å². The monoisotopic (exact) mass is 249 g/mol. The van der Waals surface area contributed by atoms with E-state index in [4.69, 9.17) is 0 Å². The Labute approximate surface area is 102 Å². The first-order chi connectivity index (χ1) is 8.16. The van der Waals surface area contributed by atoms with Gasteiger partial charge in [0.15, 0.2) is 5.13 Å². The molecule has 0 fully saturated rings. The quantitative estimate of drug-likeness (QED) is 0.668. The average molecular weight is 249 g/mol. The molecular formula is C11H11N3O2S. The van der Waals surface area contributed by atoms with Crippen LogP contribution in [0.1, 0.15) is 11.3 Å². The van der Waals surface area contributed by atoms with Gasteiger partial charge in [0, 0.05) is 23.6 Å². The number of para-hydroxylation sites is 1. The summed E-state index contributed by atoms with van der Waals surface area (Å²) in [5.74, 6) is 0. The van der Waals surface area contributed by atoms with Crippen molar-refractivity contribution in [3.05, 3.63) is 51.0 Å². The minimum atomic E-state index is -0.371. The molecule has 0 amide bonds. The molecule has 0 aliphatic carbocycles. The van der Waals surface area contributed by atoms with Crippen LogP contribution in [0.15, 0.2) is 29.6 Å². The molecule has 0 saturated heterocycles. The van der Waals surface area contributed by atoms with Crippen LogP contribution in [0.25, 0.3) is 0 Å². The van der Waals surface area contributed by atoms with Crippen molar-refractivity contribution < 1.29 is 4.92 Å². The minimum Gasteiger partial charge on any atom is -0.357 e. The van der Waals surface area contributed by atoms with Crippen LogP contribution in [0.5, 0.6) is 0 Å². The topological polar surface area (TPSA) is 68.1 Å². The van der Waals surface area contributed by atoms with Gasteiger partial charge in [0.2, 0.25) is 0 Å². The fourth-order valence-electron chi connectivity index (χ4n) is 1.44. The van der Waals surface area contributed by atoms with E-state index in [0.29, 0.717) is 12.1 Å². The molecule has 1 aromatic carbocycles. The van der Waals surface area contributed by atoms with Gasteiger partial charge in [-0.05, 0) is 6.92 Å². The van der Waals surface area contributed by atoms with Gasteiger partial charge in [0.25, 0.3) is 5.69 Å². The molecule has 2 rings (SSSR count). The molecular weight excluding hydrogens is 238 g/mol. The number of nitrogens with zero attached hydrogens (tertiary/aromatic N) is 2. The maximum absolute atomic E-state index is 10.8. The highest BCUT2D eigenvalue weighted by atomic mass is 32.1. The molecule has 0 spiro atoms. The lowest BCUT2D eigenvalue weighted by molar-refractivity contribution is -0.385. The van der Waals surface area contributed by atoms with Gasteiger partial charge in [-0.15, -0.1) is 11.3 Å². The van der Waals surface area contributed by atoms with Gasteiger partial charge in [0.1, 0.15) is 0 Å². The zero-order valence-corrected chi connectivity index (χ0v) is 10.0. The number of aromatic nitrogens is 1. The highest BCUT2D eigenvalue weighted by Crippen LogP contribution is 2.20. The van der Waals surface area contributed by atoms with Crippen molar-refractivity contribution in [2.75, 3.05) is 5.32 Å². The van der Waals surface area contributed by atoms with E-state index in [2.05, 4.69) is 10.3 Å². The molecule has 0 radical (unpaired) electrons. The number of nitrogens with one attached hydrogen (secondary N) is 1. The van der Waals surface area contributed by atoms with E-state index in [0.717, 1.165) is 10.8 Å². The Morgan fingerprint density at radius 2 is 2.24 bits per heavy atom. The van der Waals surface area contributed by atoms with E-state index in [9.17, 15) is 10.1 Å². The summed E-state index contributed by atoms with van der Waals surface area (Å²) >= 11 is 1.49. The summed E-state index contributed by atoms with van der Waals surface area (Å²) in [5.41, 5.74) is 1.73. The summed E-state index contributed by atoms with van der Waals surface area (Å²) in [4.78, 5) is 14.7. The first kappa shape index (κ1) is 11.5. The molecule has 0 aliphatic rings. The molecule has 0 bridgehead atoms. The van der Waals surface area contributed by atoms with Gasteiger partial charge in [-0.2, -0.15) is 0 Å². The summed E-state index contributed by atoms with van der Waals surface area (Å²) in [6.45, 7) is 2.32. The van der Waals surface area contributed by atoms with Crippen LogP contribution >= 0.6 is 11.3 Å². The first-order valence-corrected chi connectivity index (χ1v) is 5.93. The standard InChI is InChI=1S/C11H11N3O2S/c1-8-7-17-11(13-8)12-6-9-4-2-3-5-10(9)14(15)16/h2-5,7H,6H2,1H3,(H,12,13). The van der Waals surface area contributed by atoms with Crippen molar-refractivity contribution in [2.24, 2.45) is 0 Å². The smallest absolute Gasteiger partial charge is 0.274 e. The first-order valence-electron chi connectivity index (χ1n) is 5.05. The largest absolute Gasteiger partial charge is 0.357 e. The van der Waals surface area contributed by atoms with E-state index in [1.165, 1.54) is 17.4 Å². The maximum atomic E-state index is 10.8. The number of anilines is 1. The number of hydrogen-bond donors (Lipinski definition) is 1. The molecule has 0 aliphatic heterocycles. The van der Waals surface area contributed by atoms with Gasteiger partial charge in [-0.1, -0.05) is 18.2 Å². The van der Waals surface area contributed by atoms with Gasteiger partial charge in [-0.25, -0.2) is 4.98 Å². The van der Waals surface area contributed by atoms with Crippen LogP contribution in [0.3, 0.4) is 0 Å². The zero-order valence-electron chi connectivity index (χ0n) is 9.21. The Kier molecular flexibility index (Phi) is 3.34. The summed E-state index contributed by atoms with van der Waals surface area (Å²) in [6, 6.07) is 6.70. The highest BCUT2D eigenvalue weighted by molar-refractivity contribution is 7.13. The van der Waals surface area contributed by atoms with E-state index < -0.39 is 0 Å². The maximum Gasteiger partial charge on any atom is 0.274 e. The van der Waals surface area contributed by atoms with Crippen LogP contribution in [0, 0.1) is 17.0 Å². The Morgan fingerprint density at radius 3 is 2.88 bits per heavy atom. The number of nitro benzene ring substituents is 1. The highest BCUT2D eigenvalue weighted by Gasteiger charge is 2.11. The van der Waals surface area contributed by atoms with Gasteiger partial charge in [0.05, 0.1) is 10.6 Å². The summed E-state index contributed by atoms with van der Waals surface area (Å²) in [7, 11) is 0. The number of thiazole rings is 1. The predicted molar refractivity (Wildman–Crippen MR) is 67.3 cm³/mol. The van der Waals surface area contributed by atoms with Crippen LogP contribution in [-0.4, -0.2) is 9.91 Å². The minimum absolute atomic E-state index is 0.133. The lowest BCUT2D eigenvalue weighted by atomic mass is 10.2. The SMILES string of the molecule is Cc1csc(NCc2ccccc2[N+](=O)[O-])n1. The number of hydrogen-bond acceptors (Lipinski definition) is 5. The van der Waals surface area contributed by atoms with Crippen molar-refractivity contribution in [3.8, 4) is 0 Å². The molecule has 5 nitrogen and oxygen atoms in total. The Hall–Kier alpha value is -1.95. The van der Waals surface area contributed by atoms with Crippen LogP contribution < -0.4 is 5.32 Å². The molecule has 1 aromatic heterocycles. The van der Waals surface area contributed by atoms with E-state index in [1.54, 1.807) is 18.2 Å². The molecule has 6 heteroatoms. The second-order valence-corrected chi connectivity index (χ2v) is 4.39. The molecule has 2 aromatic rings. The zero-order chi connectivity index (χ0) is 12.3. The molecule has 0 saturated carbocycles. The Morgan fingerprint density at radius 1 is 1.47 bits per heavy atom. The number of aryl methyl sites for hydroxylation is 1. The molecule has 0 unspecified atom stereocenters. The lowest BCUT2D eigenvalue weighted by Crippen LogP contribution is -2.02. The second-order valence-electron chi connectivity index (χ2n) is 3.53. The van der Waals surface area contributed by atoms with Crippen LogP contribution in [0.2, 0.25) is 0 Å². The van der Waals surface area contributed by atoms with Crippen LogP contribution in [-0.2, 0) is 6.54 Å². The van der Waals surface area contributed by atoms with Crippen LogP contribution in [0.4, 0.5) is 10.8 Å². The van der Waals surface area contributed by atoms with Crippen molar-refractivity contribution in [3.63, 3.8) is 0 Å². The van der Waals surface area contributed by atoms with Gasteiger partial charge >= 0.3 is 0 Å². The molecule has 17 heavy (non-hydrogen) atoms. The fraction of sp³-hybridized carbons (Fsp3) is 0.182. The third-order valence-electron chi connectivity index (χ3n) is 2.24. The second kappa shape index (κ2) is 4.92. The van der Waals surface area contributed by atoms with Gasteiger partial charge in [-0.3, -0.25) is 10.1 Å². The summed E-state index contributed by atoms with van der Waals surface area (Å²) < 4.78 is 0. The van der Waals surface area contributed by atoms with E-state index >= 15 is 0 Å². The van der Waals surface area contributed by atoms with Crippen molar-refractivity contribution in [1.82, 2.24) is 4.98 Å². The summed E-state index contributed by atoms with van der Waals surface area (Å²) in [5, 5.41) is 16.6. The number of benzene rings is 1. The third kappa shape index (κ3) is 2.79.